The van der Waals surface area contributed by atoms with Crippen molar-refractivity contribution >= 4 is 17.7 Å². The van der Waals surface area contributed by atoms with E-state index in [1.54, 1.807) is 19.1 Å². The lowest BCUT2D eigenvalue weighted by Gasteiger charge is -2.50. The molecule has 0 bridgehead atoms. The van der Waals surface area contributed by atoms with Crippen molar-refractivity contribution in [1.82, 2.24) is 4.90 Å². The van der Waals surface area contributed by atoms with Crippen molar-refractivity contribution in [2.24, 2.45) is 23.3 Å². The van der Waals surface area contributed by atoms with Crippen molar-refractivity contribution in [1.29, 1.82) is 0 Å². The maximum absolute atomic E-state index is 14.9. The van der Waals surface area contributed by atoms with Gasteiger partial charge in [0.25, 0.3) is 0 Å². The Morgan fingerprint density at radius 3 is 2.07 bits per heavy atom. The number of primary amides is 2. The Labute approximate surface area is 242 Å². The molecule has 0 spiro atoms. The Morgan fingerprint density at radius 1 is 0.902 bits per heavy atom. The van der Waals surface area contributed by atoms with Crippen LogP contribution in [0.3, 0.4) is 0 Å². The molecule has 9 heteroatoms. The fourth-order valence-electron chi connectivity index (χ4n) is 6.98. The van der Waals surface area contributed by atoms with Gasteiger partial charge in [0.05, 0.1) is 33.2 Å². The highest BCUT2D eigenvalue weighted by atomic mass is 16.5. The largest absolute Gasteiger partial charge is 0.493 e. The Morgan fingerprint density at radius 2 is 1.54 bits per heavy atom. The first-order valence-corrected chi connectivity index (χ1v) is 14.5. The van der Waals surface area contributed by atoms with Crippen LogP contribution in [-0.2, 0) is 20.8 Å². The Kier molecular flexibility index (Phi) is 9.78. The van der Waals surface area contributed by atoms with E-state index in [1.165, 1.54) is 7.11 Å². The molecule has 222 valence electrons. The van der Waals surface area contributed by atoms with Gasteiger partial charge in [0.1, 0.15) is 5.54 Å². The van der Waals surface area contributed by atoms with Gasteiger partial charge in [-0.2, -0.15) is 0 Å². The van der Waals surface area contributed by atoms with Crippen molar-refractivity contribution in [3.05, 3.63) is 53.6 Å². The van der Waals surface area contributed by atoms with E-state index in [1.807, 2.05) is 42.5 Å². The zero-order valence-corrected chi connectivity index (χ0v) is 24.4. The lowest BCUT2D eigenvalue weighted by molar-refractivity contribution is -0.159. The topological polar surface area (TPSA) is 134 Å². The molecular weight excluding hydrogens is 522 g/mol. The van der Waals surface area contributed by atoms with Crippen LogP contribution >= 0.6 is 0 Å². The second-order valence-electron chi connectivity index (χ2n) is 11.2. The number of carbonyl (C=O) groups excluding carboxylic acids is 3. The van der Waals surface area contributed by atoms with E-state index in [4.69, 9.17) is 25.7 Å². The second kappa shape index (κ2) is 13.3. The number of hydrogen-bond donors (Lipinski definition) is 2. The van der Waals surface area contributed by atoms with E-state index in [0.717, 1.165) is 43.2 Å². The van der Waals surface area contributed by atoms with Gasteiger partial charge < -0.3 is 30.6 Å². The normalized spacial score (nSPS) is 21.0. The molecule has 1 saturated heterocycles. The quantitative estimate of drug-likeness (QED) is 0.424. The molecule has 3 amide bonds. The summed E-state index contributed by atoms with van der Waals surface area (Å²) < 4.78 is 16.8. The molecular formula is C32H43N3O6. The van der Waals surface area contributed by atoms with Crippen molar-refractivity contribution in [2.45, 2.75) is 69.2 Å². The molecule has 1 saturated carbocycles. The van der Waals surface area contributed by atoms with Crippen LogP contribution < -0.4 is 25.7 Å². The fourth-order valence-corrected chi connectivity index (χ4v) is 6.98. The van der Waals surface area contributed by atoms with Gasteiger partial charge in [-0.3, -0.25) is 14.4 Å². The summed E-state index contributed by atoms with van der Waals surface area (Å²) in [4.78, 5) is 43.1. The number of nitrogens with two attached hydrogens (primary N) is 2. The monoisotopic (exact) mass is 565 g/mol. The standard InChI is InChI=1S/C32H43N3O6/c1-39-25-19-23(20-26(40-2)28(25)41-3)27(22-14-8-5-9-15-22)30(37)35-17-11-10-16-32(35,31(34)38)24(29(33)36)18-21-12-6-4-7-13-21/h4,6-7,12-13,19-20,22,24,27H,5,8-11,14-18H2,1-3H3,(H2,33,36)(H2,34,38)/t24-,27-,32?/m0/s1. The SMILES string of the molecule is COc1cc([C@@H](C(=O)N2CCCCC2(C(N)=O)[C@@H](Cc2ccccc2)C(N)=O)C2CCCCC2)cc(OC)c1OC. The lowest BCUT2D eigenvalue weighted by atomic mass is 9.70. The number of rotatable bonds is 11. The molecule has 9 nitrogen and oxygen atoms in total. The van der Waals surface area contributed by atoms with E-state index >= 15 is 0 Å². The van der Waals surface area contributed by atoms with Crippen LogP contribution in [0.25, 0.3) is 0 Å². The van der Waals surface area contributed by atoms with Gasteiger partial charge in [0.15, 0.2) is 11.5 Å². The summed E-state index contributed by atoms with van der Waals surface area (Å²) in [5.74, 6) is -1.74. The minimum absolute atomic E-state index is 0.0349. The third-order valence-corrected chi connectivity index (χ3v) is 9.00. The first-order valence-electron chi connectivity index (χ1n) is 14.5. The highest BCUT2D eigenvalue weighted by molar-refractivity contribution is 5.98. The molecule has 4 rings (SSSR count). The Hall–Kier alpha value is -3.75. The highest BCUT2D eigenvalue weighted by Gasteiger charge is 2.55. The third-order valence-electron chi connectivity index (χ3n) is 9.00. The summed E-state index contributed by atoms with van der Waals surface area (Å²) >= 11 is 0. The van der Waals surface area contributed by atoms with Gasteiger partial charge in [-0.05, 0) is 67.7 Å². The molecule has 2 fully saturated rings. The van der Waals surface area contributed by atoms with Gasteiger partial charge in [0.2, 0.25) is 23.5 Å². The number of carbonyl (C=O) groups is 3. The average molecular weight is 566 g/mol. The summed E-state index contributed by atoms with van der Waals surface area (Å²) in [5.41, 5.74) is 12.2. The molecule has 2 aromatic carbocycles. The molecule has 1 aliphatic heterocycles. The minimum Gasteiger partial charge on any atom is -0.493 e. The maximum atomic E-state index is 14.9. The number of amides is 3. The van der Waals surface area contributed by atoms with Crippen molar-refractivity contribution in [3.63, 3.8) is 0 Å². The van der Waals surface area contributed by atoms with Gasteiger partial charge >= 0.3 is 0 Å². The number of likely N-dealkylation sites (tertiary alicyclic amines) is 1. The second-order valence-corrected chi connectivity index (χ2v) is 11.2. The number of nitrogens with zero attached hydrogens (tertiary/aromatic N) is 1. The first-order chi connectivity index (χ1) is 19.8. The number of benzene rings is 2. The fraction of sp³-hybridized carbons (Fsp3) is 0.531. The third kappa shape index (κ3) is 5.99. The van der Waals surface area contributed by atoms with E-state index in [9.17, 15) is 14.4 Å². The van der Waals surface area contributed by atoms with Crippen LogP contribution in [0.2, 0.25) is 0 Å². The van der Waals surface area contributed by atoms with Crippen LogP contribution in [-0.4, -0.2) is 56.0 Å². The van der Waals surface area contributed by atoms with Crippen LogP contribution in [0, 0.1) is 11.8 Å². The van der Waals surface area contributed by atoms with E-state index in [-0.39, 0.29) is 24.7 Å². The average Bonchev–Trinajstić information content (AvgIpc) is 3.00. The predicted molar refractivity (Wildman–Crippen MR) is 156 cm³/mol. The summed E-state index contributed by atoms with van der Waals surface area (Å²) in [6, 6.07) is 13.1. The molecule has 1 heterocycles. The van der Waals surface area contributed by atoms with Crippen molar-refractivity contribution in [2.75, 3.05) is 27.9 Å². The number of piperidine rings is 1. The lowest BCUT2D eigenvalue weighted by Crippen LogP contribution is -2.68. The first kappa shape index (κ1) is 30.2. The Bertz CT molecular complexity index is 1200. The number of ether oxygens (including phenoxy) is 3. The van der Waals surface area contributed by atoms with Crippen molar-refractivity contribution in [3.8, 4) is 17.2 Å². The van der Waals surface area contributed by atoms with Crippen LogP contribution in [0.4, 0.5) is 0 Å². The molecule has 1 unspecified atom stereocenters. The molecule has 1 aliphatic carbocycles. The molecule has 41 heavy (non-hydrogen) atoms. The molecule has 2 aliphatic rings. The van der Waals surface area contributed by atoms with Gasteiger partial charge in [-0.15, -0.1) is 0 Å². The summed E-state index contributed by atoms with van der Waals surface area (Å²) in [7, 11) is 4.63. The Balaban J connectivity index is 1.85. The predicted octanol–water partition coefficient (Wildman–Crippen LogP) is 3.96. The molecule has 0 radical (unpaired) electrons. The number of methoxy groups -OCH3 is 3. The zero-order chi connectivity index (χ0) is 29.6. The molecule has 2 aromatic rings. The van der Waals surface area contributed by atoms with E-state index in [0.29, 0.717) is 36.6 Å². The van der Waals surface area contributed by atoms with E-state index in [2.05, 4.69) is 0 Å². The summed E-state index contributed by atoms with van der Waals surface area (Å²) in [6.07, 6.45) is 6.72. The van der Waals surface area contributed by atoms with Gasteiger partial charge in [-0.25, -0.2) is 0 Å². The van der Waals surface area contributed by atoms with Crippen molar-refractivity contribution < 1.29 is 28.6 Å². The number of hydrogen-bond acceptors (Lipinski definition) is 6. The smallest absolute Gasteiger partial charge is 0.244 e. The van der Waals surface area contributed by atoms with Crippen LogP contribution in [0.1, 0.15) is 68.4 Å². The van der Waals surface area contributed by atoms with Gasteiger partial charge in [0, 0.05) is 6.54 Å². The maximum Gasteiger partial charge on any atom is 0.244 e. The van der Waals surface area contributed by atoms with Gasteiger partial charge in [-0.1, -0.05) is 49.6 Å². The molecule has 4 N–H and O–H groups in total. The summed E-state index contributed by atoms with van der Waals surface area (Å²) in [5, 5.41) is 0. The summed E-state index contributed by atoms with van der Waals surface area (Å²) in [6.45, 7) is 0.313. The van der Waals surface area contributed by atoms with Crippen LogP contribution in [0.5, 0.6) is 17.2 Å². The zero-order valence-electron chi connectivity index (χ0n) is 24.4. The molecule has 3 atom stereocenters. The minimum atomic E-state index is -1.54. The van der Waals surface area contributed by atoms with E-state index < -0.39 is 29.2 Å². The highest BCUT2D eigenvalue weighted by Crippen LogP contribution is 2.46. The van der Waals surface area contributed by atoms with Crippen LogP contribution in [0.15, 0.2) is 42.5 Å². The molecule has 0 aromatic heterocycles.